The Hall–Kier alpha value is -2.62. The first kappa shape index (κ1) is 20.6. The Bertz CT molecular complexity index is 1130. The topological polar surface area (TPSA) is 92.3 Å². The van der Waals surface area contributed by atoms with Crippen molar-refractivity contribution in [1.29, 1.82) is 0 Å². The van der Waals surface area contributed by atoms with Crippen LogP contribution in [0.3, 0.4) is 0 Å². The fourth-order valence-corrected chi connectivity index (χ4v) is 5.72. The molecule has 1 aliphatic heterocycles. The number of aromatic nitrogens is 2. The molecular weight excluding hydrogens is 420 g/mol. The Morgan fingerprint density at radius 2 is 1.97 bits per heavy atom. The van der Waals surface area contributed by atoms with Gasteiger partial charge in [0, 0.05) is 30.2 Å². The van der Waals surface area contributed by atoms with E-state index in [9.17, 15) is 13.2 Å². The van der Waals surface area contributed by atoms with Gasteiger partial charge in [-0.15, -0.1) is 11.3 Å². The lowest BCUT2D eigenvalue weighted by molar-refractivity contribution is 0.102. The number of benzene rings is 1. The molecule has 1 aromatic carbocycles. The van der Waals surface area contributed by atoms with Gasteiger partial charge < -0.3 is 0 Å². The van der Waals surface area contributed by atoms with Gasteiger partial charge in [0.1, 0.15) is 5.69 Å². The van der Waals surface area contributed by atoms with Crippen LogP contribution >= 0.6 is 11.3 Å². The van der Waals surface area contributed by atoms with Crippen molar-refractivity contribution in [2.45, 2.75) is 24.7 Å². The number of nitrogens with zero attached hydrogens (tertiary/aromatic N) is 3. The average molecular weight is 443 g/mol. The molecule has 1 atom stereocenters. The third-order valence-corrected chi connectivity index (χ3v) is 7.66. The minimum Gasteiger partial charge on any atom is -0.298 e. The van der Waals surface area contributed by atoms with E-state index in [0.29, 0.717) is 35.4 Å². The maximum absolute atomic E-state index is 12.9. The van der Waals surface area contributed by atoms with Crippen molar-refractivity contribution in [2.75, 3.05) is 18.4 Å². The third-order valence-electron chi connectivity index (χ3n) is 5.03. The maximum atomic E-state index is 12.9. The number of carbonyl (C=O) groups excluding carboxylic acids is 1. The van der Waals surface area contributed by atoms with Crippen LogP contribution in [-0.4, -0.2) is 41.7 Å². The second-order valence-electron chi connectivity index (χ2n) is 7.34. The lowest BCUT2D eigenvalue weighted by atomic mass is 10.0. The first-order valence-electron chi connectivity index (χ1n) is 9.72. The highest BCUT2D eigenvalue weighted by Crippen LogP contribution is 2.25. The normalized spacial score (nSPS) is 17.6. The van der Waals surface area contributed by atoms with Crippen LogP contribution in [-0.2, 0) is 10.0 Å². The zero-order valence-corrected chi connectivity index (χ0v) is 18.1. The Balaban J connectivity index is 1.45. The van der Waals surface area contributed by atoms with Crippen molar-refractivity contribution >= 4 is 32.4 Å². The number of thiazole rings is 1. The Morgan fingerprint density at radius 1 is 1.17 bits per heavy atom. The molecular formula is C21H22N4O3S2. The SMILES string of the molecule is C[C@@H]1CCCN(S(=O)(=O)c2ccc(C(=O)Nc3nc(-c4ccccn4)cs3)cc2)C1. The predicted molar refractivity (Wildman–Crippen MR) is 117 cm³/mol. The highest BCUT2D eigenvalue weighted by atomic mass is 32.2. The summed E-state index contributed by atoms with van der Waals surface area (Å²) in [6.07, 6.45) is 3.60. The minimum absolute atomic E-state index is 0.208. The molecule has 1 fully saturated rings. The van der Waals surface area contributed by atoms with Crippen LogP contribution < -0.4 is 5.32 Å². The number of nitrogens with one attached hydrogen (secondary N) is 1. The van der Waals surface area contributed by atoms with Crippen molar-refractivity contribution < 1.29 is 13.2 Å². The highest BCUT2D eigenvalue weighted by Gasteiger charge is 2.28. The van der Waals surface area contributed by atoms with E-state index >= 15 is 0 Å². The molecule has 0 saturated carbocycles. The first-order valence-corrected chi connectivity index (χ1v) is 12.0. The summed E-state index contributed by atoms with van der Waals surface area (Å²) in [6.45, 7) is 3.14. The predicted octanol–water partition coefficient (Wildman–Crippen LogP) is 3.88. The number of carbonyl (C=O) groups is 1. The number of piperidine rings is 1. The molecule has 0 bridgehead atoms. The van der Waals surface area contributed by atoms with Crippen LogP contribution in [0.2, 0.25) is 0 Å². The van der Waals surface area contributed by atoms with Gasteiger partial charge in [0.25, 0.3) is 5.91 Å². The molecule has 0 aliphatic carbocycles. The molecule has 0 unspecified atom stereocenters. The van der Waals surface area contributed by atoms with Gasteiger partial charge in [-0.05, 0) is 55.2 Å². The summed E-state index contributed by atoms with van der Waals surface area (Å²) >= 11 is 1.31. The van der Waals surface area contributed by atoms with E-state index in [1.54, 1.807) is 6.20 Å². The Morgan fingerprint density at radius 3 is 2.67 bits per heavy atom. The number of amides is 1. The Labute approximate surface area is 179 Å². The van der Waals surface area contributed by atoms with Crippen LogP contribution in [0.1, 0.15) is 30.1 Å². The number of pyridine rings is 1. The molecule has 1 N–H and O–H groups in total. The van der Waals surface area contributed by atoms with Crippen LogP contribution in [0.4, 0.5) is 5.13 Å². The molecule has 1 amide bonds. The zero-order chi connectivity index (χ0) is 21.1. The molecule has 1 saturated heterocycles. The van der Waals surface area contributed by atoms with Gasteiger partial charge in [-0.1, -0.05) is 13.0 Å². The molecule has 30 heavy (non-hydrogen) atoms. The van der Waals surface area contributed by atoms with E-state index in [0.717, 1.165) is 18.5 Å². The van der Waals surface area contributed by atoms with E-state index in [1.807, 2.05) is 23.6 Å². The second-order valence-corrected chi connectivity index (χ2v) is 10.1. The van der Waals surface area contributed by atoms with E-state index in [2.05, 4.69) is 22.2 Å². The van der Waals surface area contributed by atoms with Crippen LogP contribution in [0.25, 0.3) is 11.4 Å². The van der Waals surface area contributed by atoms with Crippen molar-refractivity contribution in [3.63, 3.8) is 0 Å². The molecule has 2 aromatic heterocycles. The summed E-state index contributed by atoms with van der Waals surface area (Å²) in [5, 5.41) is 5.04. The number of rotatable bonds is 5. The largest absolute Gasteiger partial charge is 0.298 e. The third kappa shape index (κ3) is 4.43. The average Bonchev–Trinajstić information content (AvgIpc) is 3.23. The van der Waals surface area contributed by atoms with E-state index < -0.39 is 10.0 Å². The van der Waals surface area contributed by atoms with Crippen molar-refractivity contribution in [3.8, 4) is 11.4 Å². The first-order chi connectivity index (χ1) is 14.4. The summed E-state index contributed by atoms with van der Waals surface area (Å²) in [7, 11) is -3.54. The van der Waals surface area contributed by atoms with Gasteiger partial charge in [0.2, 0.25) is 10.0 Å². The van der Waals surface area contributed by atoms with Crippen molar-refractivity contribution in [1.82, 2.24) is 14.3 Å². The van der Waals surface area contributed by atoms with Gasteiger partial charge in [-0.25, -0.2) is 13.4 Å². The Kier molecular flexibility index (Phi) is 5.94. The molecule has 0 spiro atoms. The standard InChI is InChI=1S/C21H22N4O3S2/c1-15-5-4-12-25(13-15)30(27,28)17-9-7-16(8-10-17)20(26)24-21-23-19(14-29-21)18-6-2-3-11-22-18/h2-3,6-11,14-15H,4-5,12-13H2,1H3,(H,23,24,26)/t15-/m1/s1. The summed E-state index contributed by atoms with van der Waals surface area (Å²) in [5.74, 6) is 0.0142. The van der Waals surface area contributed by atoms with Gasteiger partial charge in [0.15, 0.2) is 5.13 Å². The summed E-state index contributed by atoms with van der Waals surface area (Å²) < 4.78 is 27.2. The second kappa shape index (κ2) is 8.63. The summed E-state index contributed by atoms with van der Waals surface area (Å²) in [4.78, 5) is 21.4. The van der Waals surface area contributed by atoms with Gasteiger partial charge in [-0.3, -0.25) is 15.1 Å². The number of hydrogen-bond donors (Lipinski definition) is 1. The molecule has 156 valence electrons. The zero-order valence-electron chi connectivity index (χ0n) is 16.5. The molecule has 0 radical (unpaired) electrons. The monoisotopic (exact) mass is 442 g/mol. The molecule has 1 aliphatic rings. The molecule has 9 heteroatoms. The number of hydrogen-bond acceptors (Lipinski definition) is 6. The number of sulfonamides is 1. The fourth-order valence-electron chi connectivity index (χ4n) is 3.42. The van der Waals surface area contributed by atoms with Gasteiger partial charge in [0.05, 0.1) is 10.6 Å². The van der Waals surface area contributed by atoms with Crippen molar-refractivity contribution in [3.05, 3.63) is 59.6 Å². The van der Waals surface area contributed by atoms with E-state index in [4.69, 9.17) is 0 Å². The molecule has 3 aromatic rings. The van der Waals surface area contributed by atoms with E-state index in [1.165, 1.54) is 39.9 Å². The van der Waals surface area contributed by atoms with Crippen molar-refractivity contribution in [2.24, 2.45) is 5.92 Å². The molecule has 3 heterocycles. The highest BCUT2D eigenvalue weighted by molar-refractivity contribution is 7.89. The minimum atomic E-state index is -3.54. The van der Waals surface area contributed by atoms with Crippen LogP contribution in [0, 0.1) is 5.92 Å². The fraction of sp³-hybridized carbons (Fsp3) is 0.286. The summed E-state index contributed by atoms with van der Waals surface area (Å²) in [5.41, 5.74) is 1.79. The van der Waals surface area contributed by atoms with Crippen LogP contribution in [0.15, 0.2) is 58.9 Å². The lowest BCUT2D eigenvalue weighted by Crippen LogP contribution is -2.39. The summed E-state index contributed by atoms with van der Waals surface area (Å²) in [6, 6.07) is 11.6. The smallest absolute Gasteiger partial charge is 0.257 e. The lowest BCUT2D eigenvalue weighted by Gasteiger charge is -2.30. The van der Waals surface area contributed by atoms with E-state index in [-0.39, 0.29) is 10.8 Å². The quantitative estimate of drug-likeness (QED) is 0.647. The number of anilines is 1. The molecule has 7 nitrogen and oxygen atoms in total. The van der Waals surface area contributed by atoms with Gasteiger partial charge >= 0.3 is 0 Å². The van der Waals surface area contributed by atoms with Gasteiger partial charge in [-0.2, -0.15) is 4.31 Å². The molecule has 4 rings (SSSR count). The maximum Gasteiger partial charge on any atom is 0.257 e. The van der Waals surface area contributed by atoms with Crippen LogP contribution in [0.5, 0.6) is 0 Å².